The Morgan fingerprint density at radius 2 is 1.94 bits per heavy atom. The lowest BCUT2D eigenvalue weighted by molar-refractivity contribution is 0.102. The molecule has 7 heteroatoms. The fourth-order valence-corrected chi connectivity index (χ4v) is 4.18. The summed E-state index contributed by atoms with van der Waals surface area (Å²) < 4.78 is 5.56. The molecule has 0 atom stereocenters. The molecule has 0 radical (unpaired) electrons. The molecule has 2 aromatic carbocycles. The van der Waals surface area contributed by atoms with Gasteiger partial charge in [-0.2, -0.15) is 5.10 Å². The standard InChI is InChI=1S/C24H27N5O2/c1-29-11-8-20(9-12-29)25-19-5-2-16(3-6-19)24(30)26-23-15-21(27-28-23)17-4-7-22-18(14-17)10-13-31-22/h2-7,14-15,20,25H,8-13H2,1H3,(H2,26,27,28,30). The quantitative estimate of drug-likeness (QED) is 0.589. The summed E-state index contributed by atoms with van der Waals surface area (Å²) >= 11 is 0. The average Bonchev–Trinajstić information content (AvgIpc) is 3.45. The Morgan fingerprint density at radius 1 is 1.13 bits per heavy atom. The Kier molecular flexibility index (Phi) is 5.34. The van der Waals surface area contributed by atoms with Crippen molar-refractivity contribution in [3.05, 3.63) is 59.7 Å². The fraction of sp³-hybridized carbons (Fsp3) is 0.333. The van der Waals surface area contributed by atoms with Crippen LogP contribution in [0.5, 0.6) is 5.75 Å². The van der Waals surface area contributed by atoms with E-state index in [1.807, 2.05) is 42.5 Å². The highest BCUT2D eigenvalue weighted by Crippen LogP contribution is 2.30. The van der Waals surface area contributed by atoms with Crippen LogP contribution in [-0.2, 0) is 6.42 Å². The molecule has 0 saturated carbocycles. The number of aromatic nitrogens is 2. The zero-order valence-corrected chi connectivity index (χ0v) is 17.6. The van der Waals surface area contributed by atoms with E-state index in [0.717, 1.165) is 61.7 Å². The predicted octanol–water partition coefficient (Wildman–Crippen LogP) is 3.77. The summed E-state index contributed by atoms with van der Waals surface area (Å²) in [6.45, 7) is 2.96. The zero-order valence-electron chi connectivity index (χ0n) is 17.6. The third-order valence-electron chi connectivity index (χ3n) is 6.06. The van der Waals surface area contributed by atoms with Gasteiger partial charge < -0.3 is 20.3 Å². The maximum Gasteiger partial charge on any atom is 0.256 e. The Balaban J connectivity index is 1.20. The second kappa shape index (κ2) is 8.43. The molecule has 1 saturated heterocycles. The largest absolute Gasteiger partial charge is 0.493 e. The fourth-order valence-electron chi connectivity index (χ4n) is 4.18. The summed E-state index contributed by atoms with van der Waals surface area (Å²) in [7, 11) is 2.16. The molecule has 3 aromatic rings. The van der Waals surface area contributed by atoms with Crippen molar-refractivity contribution < 1.29 is 9.53 Å². The summed E-state index contributed by atoms with van der Waals surface area (Å²) in [6, 6.07) is 16.1. The molecule has 0 bridgehead atoms. The van der Waals surface area contributed by atoms with Gasteiger partial charge in [0.1, 0.15) is 5.75 Å². The molecule has 1 amide bonds. The zero-order chi connectivity index (χ0) is 21.2. The van der Waals surface area contributed by atoms with Crippen LogP contribution in [0.1, 0.15) is 28.8 Å². The summed E-state index contributed by atoms with van der Waals surface area (Å²) in [6.07, 6.45) is 3.19. The number of hydrogen-bond donors (Lipinski definition) is 3. The number of nitrogens with zero attached hydrogens (tertiary/aromatic N) is 2. The van der Waals surface area contributed by atoms with Crippen LogP contribution in [0.15, 0.2) is 48.5 Å². The molecule has 0 spiro atoms. The van der Waals surface area contributed by atoms with Crippen molar-refractivity contribution >= 4 is 17.4 Å². The molecule has 31 heavy (non-hydrogen) atoms. The smallest absolute Gasteiger partial charge is 0.256 e. The SMILES string of the molecule is CN1CCC(Nc2ccc(C(=O)Nc3cc(-c4ccc5c(c4)CCO5)[nH]n3)cc2)CC1. The number of ether oxygens (including phenoxy) is 1. The third-order valence-corrected chi connectivity index (χ3v) is 6.06. The van der Waals surface area contributed by atoms with Gasteiger partial charge in [-0.3, -0.25) is 9.89 Å². The number of likely N-dealkylation sites (tertiary alicyclic amines) is 1. The summed E-state index contributed by atoms with van der Waals surface area (Å²) in [4.78, 5) is 15.0. The van der Waals surface area contributed by atoms with Crippen LogP contribution in [0, 0.1) is 0 Å². The van der Waals surface area contributed by atoms with Gasteiger partial charge in [0.25, 0.3) is 5.91 Å². The van der Waals surface area contributed by atoms with Crippen molar-refractivity contribution in [2.45, 2.75) is 25.3 Å². The van der Waals surface area contributed by atoms with E-state index >= 15 is 0 Å². The van der Waals surface area contributed by atoms with Crippen LogP contribution in [-0.4, -0.2) is 53.8 Å². The van der Waals surface area contributed by atoms with Crippen LogP contribution >= 0.6 is 0 Å². The normalized spacial score (nSPS) is 16.5. The Labute approximate surface area is 181 Å². The summed E-state index contributed by atoms with van der Waals surface area (Å²) in [5.74, 6) is 1.28. The van der Waals surface area contributed by atoms with Crippen LogP contribution < -0.4 is 15.4 Å². The highest BCUT2D eigenvalue weighted by Gasteiger charge is 2.17. The third kappa shape index (κ3) is 4.41. The number of aromatic amines is 1. The number of carbonyl (C=O) groups is 1. The van der Waals surface area contributed by atoms with E-state index in [9.17, 15) is 4.79 Å². The first kappa shape index (κ1) is 19.6. The van der Waals surface area contributed by atoms with Crippen molar-refractivity contribution in [2.75, 3.05) is 37.4 Å². The molecule has 7 nitrogen and oxygen atoms in total. The lowest BCUT2D eigenvalue weighted by atomic mass is 10.0. The molecule has 3 N–H and O–H groups in total. The van der Waals surface area contributed by atoms with Crippen LogP contribution in [0.3, 0.4) is 0 Å². The second-order valence-corrected chi connectivity index (χ2v) is 8.34. The number of benzene rings is 2. The van der Waals surface area contributed by atoms with Crippen LogP contribution in [0.25, 0.3) is 11.3 Å². The molecule has 1 fully saturated rings. The highest BCUT2D eigenvalue weighted by molar-refractivity contribution is 6.04. The number of carbonyl (C=O) groups excluding carboxylic acids is 1. The van der Waals surface area contributed by atoms with Crippen molar-refractivity contribution in [1.82, 2.24) is 15.1 Å². The van der Waals surface area contributed by atoms with E-state index in [1.54, 1.807) is 0 Å². The first-order chi connectivity index (χ1) is 15.1. The van der Waals surface area contributed by atoms with Gasteiger partial charge in [-0.1, -0.05) is 0 Å². The van der Waals surface area contributed by atoms with Gasteiger partial charge >= 0.3 is 0 Å². The number of amides is 1. The van der Waals surface area contributed by atoms with Crippen LogP contribution in [0.2, 0.25) is 0 Å². The number of H-pyrrole nitrogens is 1. The van der Waals surface area contributed by atoms with E-state index in [2.05, 4.69) is 38.8 Å². The Morgan fingerprint density at radius 3 is 2.74 bits per heavy atom. The van der Waals surface area contributed by atoms with Gasteiger partial charge in [-0.25, -0.2) is 0 Å². The number of rotatable bonds is 5. The molecular formula is C24H27N5O2. The topological polar surface area (TPSA) is 82.3 Å². The van der Waals surface area contributed by atoms with Crippen molar-refractivity contribution in [2.24, 2.45) is 0 Å². The Bertz CT molecular complexity index is 1070. The maximum absolute atomic E-state index is 12.6. The van der Waals surface area contributed by atoms with E-state index in [0.29, 0.717) is 17.4 Å². The van der Waals surface area contributed by atoms with Gasteiger partial charge in [0, 0.05) is 35.3 Å². The highest BCUT2D eigenvalue weighted by atomic mass is 16.5. The van der Waals surface area contributed by atoms with Crippen LogP contribution in [0.4, 0.5) is 11.5 Å². The van der Waals surface area contributed by atoms with Crippen molar-refractivity contribution in [1.29, 1.82) is 0 Å². The molecule has 0 unspecified atom stereocenters. The van der Waals surface area contributed by atoms with Crippen molar-refractivity contribution in [3.8, 4) is 17.0 Å². The molecule has 1 aromatic heterocycles. The van der Waals surface area contributed by atoms with E-state index < -0.39 is 0 Å². The molecule has 2 aliphatic heterocycles. The average molecular weight is 418 g/mol. The monoisotopic (exact) mass is 417 g/mol. The molecule has 2 aliphatic rings. The van der Waals surface area contributed by atoms with Gasteiger partial charge in [0.15, 0.2) is 5.82 Å². The lowest BCUT2D eigenvalue weighted by Gasteiger charge is -2.30. The van der Waals surface area contributed by atoms with Gasteiger partial charge in [0.2, 0.25) is 0 Å². The predicted molar refractivity (Wildman–Crippen MR) is 122 cm³/mol. The minimum atomic E-state index is -0.175. The van der Waals surface area contributed by atoms with E-state index in [4.69, 9.17) is 4.74 Å². The molecule has 5 rings (SSSR count). The van der Waals surface area contributed by atoms with Gasteiger partial charge in [0.05, 0.1) is 12.3 Å². The molecule has 160 valence electrons. The first-order valence-electron chi connectivity index (χ1n) is 10.8. The number of piperidine rings is 1. The molecule has 0 aliphatic carbocycles. The minimum Gasteiger partial charge on any atom is -0.493 e. The second-order valence-electron chi connectivity index (χ2n) is 8.34. The van der Waals surface area contributed by atoms with Crippen molar-refractivity contribution in [3.63, 3.8) is 0 Å². The lowest BCUT2D eigenvalue weighted by Crippen LogP contribution is -2.36. The summed E-state index contributed by atoms with van der Waals surface area (Å²) in [5, 5.41) is 13.7. The molecule has 3 heterocycles. The number of anilines is 2. The van der Waals surface area contributed by atoms with E-state index in [-0.39, 0.29) is 5.91 Å². The maximum atomic E-state index is 12.6. The number of hydrogen-bond acceptors (Lipinski definition) is 5. The van der Waals surface area contributed by atoms with E-state index in [1.165, 1.54) is 5.56 Å². The number of nitrogens with one attached hydrogen (secondary N) is 3. The summed E-state index contributed by atoms with van der Waals surface area (Å²) in [5.41, 5.74) is 4.75. The van der Waals surface area contributed by atoms with Gasteiger partial charge in [-0.05, 0) is 81.0 Å². The minimum absolute atomic E-state index is 0.175. The number of fused-ring (bicyclic) bond motifs is 1. The molecular weight excluding hydrogens is 390 g/mol. The van der Waals surface area contributed by atoms with Gasteiger partial charge in [-0.15, -0.1) is 0 Å². The Hall–Kier alpha value is -3.32. The first-order valence-corrected chi connectivity index (χ1v) is 10.8.